The molecule has 0 aliphatic heterocycles. The van der Waals surface area contributed by atoms with Crippen molar-refractivity contribution in [2.24, 2.45) is 5.92 Å². The van der Waals surface area contributed by atoms with Crippen molar-refractivity contribution in [2.45, 2.75) is 40.3 Å². The van der Waals surface area contributed by atoms with Crippen LogP contribution in [0, 0.1) is 12.8 Å². The molecule has 2 heterocycles. The lowest BCUT2D eigenvalue weighted by molar-refractivity contribution is -0.148. The maximum atomic E-state index is 12.6. The van der Waals surface area contributed by atoms with Crippen molar-refractivity contribution in [3.63, 3.8) is 0 Å². The summed E-state index contributed by atoms with van der Waals surface area (Å²) in [6.07, 6.45) is 3.79. The predicted molar refractivity (Wildman–Crippen MR) is 113 cm³/mol. The number of carbonyl (C=O) groups is 2. The third-order valence-electron chi connectivity index (χ3n) is 4.65. The number of imidazole rings is 1. The Morgan fingerprint density at radius 1 is 1.10 bits per heavy atom. The fourth-order valence-corrected chi connectivity index (χ4v) is 3.05. The molecule has 0 unspecified atom stereocenters. The largest absolute Gasteiger partial charge is 0.494 e. The van der Waals surface area contributed by atoms with Crippen LogP contribution in [0.25, 0.3) is 5.65 Å². The van der Waals surface area contributed by atoms with Crippen LogP contribution in [0.2, 0.25) is 0 Å². The van der Waals surface area contributed by atoms with Crippen LogP contribution < -0.4 is 10.1 Å². The van der Waals surface area contributed by atoms with Gasteiger partial charge in [0.15, 0.2) is 0 Å². The molecule has 7 nitrogen and oxygen atoms in total. The predicted octanol–water partition coefficient (Wildman–Crippen LogP) is 3.54. The van der Waals surface area contributed by atoms with E-state index >= 15 is 0 Å². The summed E-state index contributed by atoms with van der Waals surface area (Å²) in [5.41, 5.74) is 3.00. The van der Waals surface area contributed by atoms with Crippen molar-refractivity contribution < 1.29 is 19.1 Å². The first-order valence-corrected chi connectivity index (χ1v) is 10.0. The minimum Gasteiger partial charge on any atom is -0.494 e. The third-order valence-corrected chi connectivity index (χ3v) is 4.65. The third kappa shape index (κ3) is 5.17. The van der Waals surface area contributed by atoms with Crippen molar-refractivity contribution >= 4 is 17.5 Å². The summed E-state index contributed by atoms with van der Waals surface area (Å²) in [6, 6.07) is 9.92. The number of nitrogens with one attached hydrogen (secondary N) is 1. The van der Waals surface area contributed by atoms with Crippen LogP contribution in [0.15, 0.2) is 48.8 Å². The second-order valence-corrected chi connectivity index (χ2v) is 7.46. The summed E-state index contributed by atoms with van der Waals surface area (Å²) >= 11 is 0. The van der Waals surface area contributed by atoms with E-state index in [1.165, 1.54) is 0 Å². The SMILES string of the molecule is CCOc1ccc(C(=O)N[C@@H](C(=O)OCc2cn3cc(C)ccc3n2)C(C)C)cc1. The molecule has 0 fully saturated rings. The summed E-state index contributed by atoms with van der Waals surface area (Å²) in [5, 5.41) is 2.77. The Balaban J connectivity index is 1.62. The number of amides is 1. The Kier molecular flexibility index (Phi) is 6.72. The zero-order chi connectivity index (χ0) is 21.7. The highest BCUT2D eigenvalue weighted by molar-refractivity contribution is 5.96. The minimum absolute atomic E-state index is 0.0434. The number of esters is 1. The maximum Gasteiger partial charge on any atom is 0.329 e. The van der Waals surface area contributed by atoms with Crippen LogP contribution >= 0.6 is 0 Å². The lowest BCUT2D eigenvalue weighted by atomic mass is 10.0. The number of ether oxygens (including phenoxy) is 2. The molecule has 3 aromatic rings. The number of nitrogens with zero attached hydrogens (tertiary/aromatic N) is 2. The van der Waals surface area contributed by atoms with Crippen LogP contribution in [0.1, 0.15) is 42.4 Å². The molecule has 3 rings (SSSR count). The van der Waals surface area contributed by atoms with Crippen LogP contribution in [0.4, 0.5) is 0 Å². The Bertz CT molecular complexity index is 1020. The zero-order valence-electron chi connectivity index (χ0n) is 17.7. The quantitative estimate of drug-likeness (QED) is 0.576. The molecular weight excluding hydrogens is 382 g/mol. The minimum atomic E-state index is -0.761. The van der Waals surface area contributed by atoms with Crippen LogP contribution in [-0.4, -0.2) is 33.9 Å². The van der Waals surface area contributed by atoms with Crippen molar-refractivity contribution in [2.75, 3.05) is 6.61 Å². The number of hydrogen-bond donors (Lipinski definition) is 1. The van der Waals surface area contributed by atoms with Crippen molar-refractivity contribution in [1.29, 1.82) is 0 Å². The Hall–Kier alpha value is -3.35. The molecule has 0 bridgehead atoms. The molecule has 0 aliphatic rings. The van der Waals surface area contributed by atoms with Gasteiger partial charge >= 0.3 is 5.97 Å². The van der Waals surface area contributed by atoms with Gasteiger partial charge < -0.3 is 19.2 Å². The topological polar surface area (TPSA) is 81.9 Å². The fourth-order valence-electron chi connectivity index (χ4n) is 3.05. The fraction of sp³-hybridized carbons (Fsp3) is 0.348. The maximum absolute atomic E-state index is 12.6. The number of rotatable bonds is 8. The van der Waals surface area contributed by atoms with E-state index in [4.69, 9.17) is 9.47 Å². The number of benzene rings is 1. The second kappa shape index (κ2) is 9.43. The van der Waals surface area contributed by atoms with E-state index in [1.807, 2.05) is 56.6 Å². The average molecular weight is 409 g/mol. The first-order chi connectivity index (χ1) is 14.4. The van der Waals surface area contributed by atoms with Crippen LogP contribution in [-0.2, 0) is 16.1 Å². The Morgan fingerprint density at radius 2 is 1.83 bits per heavy atom. The summed E-state index contributed by atoms with van der Waals surface area (Å²) in [6.45, 7) is 8.21. The molecule has 1 atom stereocenters. The molecule has 30 heavy (non-hydrogen) atoms. The van der Waals surface area contributed by atoms with Gasteiger partial charge in [0, 0.05) is 18.0 Å². The Morgan fingerprint density at radius 3 is 2.50 bits per heavy atom. The number of aryl methyl sites for hydroxylation is 1. The standard InChI is InChI=1S/C23H27N3O4/c1-5-29-19-9-7-17(8-10-19)22(27)25-21(15(2)3)23(28)30-14-18-13-26-12-16(4)6-11-20(26)24-18/h6-13,15,21H,5,14H2,1-4H3,(H,25,27)/t21-/m1/s1. The van der Waals surface area contributed by atoms with E-state index in [9.17, 15) is 9.59 Å². The van der Waals surface area contributed by atoms with Crippen molar-refractivity contribution in [3.05, 3.63) is 65.6 Å². The van der Waals surface area contributed by atoms with Gasteiger partial charge in [-0.3, -0.25) is 4.79 Å². The lowest BCUT2D eigenvalue weighted by Crippen LogP contribution is -2.45. The van der Waals surface area contributed by atoms with E-state index in [0.717, 1.165) is 11.2 Å². The van der Waals surface area contributed by atoms with E-state index in [2.05, 4.69) is 10.3 Å². The number of aromatic nitrogens is 2. The highest BCUT2D eigenvalue weighted by atomic mass is 16.5. The highest BCUT2D eigenvalue weighted by Gasteiger charge is 2.26. The van der Waals surface area contributed by atoms with Crippen molar-refractivity contribution in [3.8, 4) is 5.75 Å². The Labute approximate surface area is 176 Å². The molecule has 158 valence electrons. The molecule has 0 saturated carbocycles. The molecule has 7 heteroatoms. The average Bonchev–Trinajstić information content (AvgIpc) is 3.12. The van der Waals surface area contributed by atoms with Gasteiger partial charge in [0.25, 0.3) is 5.91 Å². The van der Waals surface area contributed by atoms with Gasteiger partial charge in [-0.2, -0.15) is 0 Å². The first-order valence-electron chi connectivity index (χ1n) is 10.0. The van der Waals surface area contributed by atoms with E-state index in [1.54, 1.807) is 24.3 Å². The van der Waals surface area contributed by atoms with Gasteiger partial charge in [-0.05, 0) is 55.7 Å². The first kappa shape index (κ1) is 21.4. The molecular formula is C23H27N3O4. The lowest BCUT2D eigenvalue weighted by Gasteiger charge is -2.20. The number of hydrogen-bond acceptors (Lipinski definition) is 5. The molecule has 0 spiro atoms. The summed E-state index contributed by atoms with van der Waals surface area (Å²) in [7, 11) is 0. The van der Waals surface area contributed by atoms with Crippen LogP contribution in [0.3, 0.4) is 0 Å². The number of pyridine rings is 1. The van der Waals surface area contributed by atoms with Gasteiger partial charge in [-0.1, -0.05) is 19.9 Å². The van der Waals surface area contributed by atoms with E-state index in [0.29, 0.717) is 23.6 Å². The number of fused-ring (bicyclic) bond motifs is 1. The molecule has 1 N–H and O–H groups in total. The molecule has 2 aromatic heterocycles. The van der Waals surface area contributed by atoms with Gasteiger partial charge in [-0.15, -0.1) is 0 Å². The molecule has 1 amide bonds. The van der Waals surface area contributed by atoms with Gasteiger partial charge in [-0.25, -0.2) is 9.78 Å². The van der Waals surface area contributed by atoms with Gasteiger partial charge in [0.2, 0.25) is 0 Å². The summed E-state index contributed by atoms with van der Waals surface area (Å²) in [5.74, 6) is -0.265. The smallest absolute Gasteiger partial charge is 0.329 e. The second-order valence-electron chi connectivity index (χ2n) is 7.46. The van der Waals surface area contributed by atoms with E-state index < -0.39 is 12.0 Å². The highest BCUT2D eigenvalue weighted by Crippen LogP contribution is 2.14. The summed E-state index contributed by atoms with van der Waals surface area (Å²) in [4.78, 5) is 29.7. The van der Waals surface area contributed by atoms with Crippen molar-refractivity contribution in [1.82, 2.24) is 14.7 Å². The zero-order valence-corrected chi connectivity index (χ0v) is 17.7. The summed E-state index contributed by atoms with van der Waals surface area (Å²) < 4.78 is 12.7. The molecule has 0 saturated heterocycles. The molecule has 0 radical (unpaired) electrons. The van der Waals surface area contributed by atoms with E-state index in [-0.39, 0.29) is 18.4 Å². The van der Waals surface area contributed by atoms with Gasteiger partial charge in [0.1, 0.15) is 24.0 Å². The molecule has 0 aliphatic carbocycles. The normalized spacial score (nSPS) is 12.0. The number of carbonyl (C=O) groups excluding carboxylic acids is 2. The molecule has 1 aromatic carbocycles. The van der Waals surface area contributed by atoms with Gasteiger partial charge in [0.05, 0.1) is 12.3 Å². The monoisotopic (exact) mass is 409 g/mol. The van der Waals surface area contributed by atoms with Crippen LogP contribution in [0.5, 0.6) is 5.75 Å².